The molecule has 1 aromatic heterocycles. The molecule has 0 radical (unpaired) electrons. The predicted molar refractivity (Wildman–Crippen MR) is 64.0 cm³/mol. The number of hydrogen-bond donors (Lipinski definition) is 1. The van der Waals surface area contributed by atoms with Crippen LogP contribution in [0.4, 0.5) is 0 Å². The highest BCUT2D eigenvalue weighted by molar-refractivity contribution is 5.85. The molecule has 0 aliphatic carbocycles. The first-order valence-electron chi connectivity index (χ1n) is 5.21. The molecule has 0 unspecified atom stereocenters. The molecule has 1 saturated heterocycles. The van der Waals surface area contributed by atoms with Crippen molar-refractivity contribution < 1.29 is 0 Å². The normalized spacial score (nSPS) is 18.5. The number of pyridine rings is 1. The van der Waals surface area contributed by atoms with Gasteiger partial charge in [0.25, 0.3) is 0 Å². The molecular formula is C11H18ClN3. The summed E-state index contributed by atoms with van der Waals surface area (Å²) in [6.07, 6.45) is 5.96. The molecule has 84 valence electrons. The van der Waals surface area contributed by atoms with E-state index in [1.807, 2.05) is 12.4 Å². The summed E-state index contributed by atoms with van der Waals surface area (Å²) in [6, 6.07) is 4.58. The number of halogens is 1. The number of rotatable bonds is 2. The van der Waals surface area contributed by atoms with E-state index in [4.69, 9.17) is 5.73 Å². The molecule has 0 aromatic carbocycles. The zero-order valence-corrected chi connectivity index (χ0v) is 9.62. The first-order chi connectivity index (χ1) is 6.84. The van der Waals surface area contributed by atoms with Crippen molar-refractivity contribution in [2.24, 2.45) is 5.73 Å². The number of nitrogens with two attached hydrogens (primary N) is 1. The van der Waals surface area contributed by atoms with Gasteiger partial charge in [-0.3, -0.25) is 9.88 Å². The Labute approximate surface area is 97.1 Å². The summed E-state index contributed by atoms with van der Waals surface area (Å²) in [6.45, 7) is 3.29. The topological polar surface area (TPSA) is 42.1 Å². The van der Waals surface area contributed by atoms with E-state index in [1.165, 1.54) is 5.56 Å². The van der Waals surface area contributed by atoms with Crippen LogP contribution in [-0.2, 0) is 6.54 Å². The fraction of sp³-hybridized carbons (Fsp3) is 0.545. The molecule has 0 atom stereocenters. The van der Waals surface area contributed by atoms with Gasteiger partial charge in [-0.2, -0.15) is 0 Å². The summed E-state index contributed by atoms with van der Waals surface area (Å²) < 4.78 is 0. The van der Waals surface area contributed by atoms with Crippen LogP contribution in [0.15, 0.2) is 24.5 Å². The van der Waals surface area contributed by atoms with Gasteiger partial charge in [0.2, 0.25) is 0 Å². The van der Waals surface area contributed by atoms with Crippen molar-refractivity contribution in [3.63, 3.8) is 0 Å². The average Bonchev–Trinajstić information content (AvgIpc) is 2.23. The SMILES string of the molecule is Cl.NC1CCN(Cc2ccncc2)CC1. The lowest BCUT2D eigenvalue weighted by atomic mass is 10.1. The minimum absolute atomic E-state index is 0. The quantitative estimate of drug-likeness (QED) is 0.831. The van der Waals surface area contributed by atoms with Crippen LogP contribution < -0.4 is 5.73 Å². The molecule has 0 spiro atoms. The zero-order chi connectivity index (χ0) is 9.80. The third kappa shape index (κ3) is 3.78. The second kappa shape index (κ2) is 6.05. The third-order valence-corrected chi connectivity index (χ3v) is 2.79. The van der Waals surface area contributed by atoms with Crippen molar-refractivity contribution in [3.8, 4) is 0 Å². The highest BCUT2D eigenvalue weighted by Crippen LogP contribution is 2.11. The Hall–Kier alpha value is -0.640. The van der Waals surface area contributed by atoms with Gasteiger partial charge in [0.15, 0.2) is 0 Å². The van der Waals surface area contributed by atoms with Crippen LogP contribution in [0.3, 0.4) is 0 Å². The van der Waals surface area contributed by atoms with Crippen molar-refractivity contribution in [2.45, 2.75) is 25.4 Å². The first kappa shape index (κ1) is 12.4. The second-order valence-electron chi connectivity index (χ2n) is 3.97. The van der Waals surface area contributed by atoms with Crippen LogP contribution in [0, 0.1) is 0 Å². The van der Waals surface area contributed by atoms with E-state index in [-0.39, 0.29) is 12.4 Å². The largest absolute Gasteiger partial charge is 0.328 e. The van der Waals surface area contributed by atoms with E-state index in [0.29, 0.717) is 6.04 Å². The van der Waals surface area contributed by atoms with Gasteiger partial charge < -0.3 is 5.73 Å². The Morgan fingerprint density at radius 2 is 1.87 bits per heavy atom. The van der Waals surface area contributed by atoms with Gasteiger partial charge in [0.1, 0.15) is 0 Å². The summed E-state index contributed by atoms with van der Waals surface area (Å²) in [5, 5.41) is 0. The Kier molecular flexibility index (Phi) is 5.02. The fourth-order valence-corrected chi connectivity index (χ4v) is 1.86. The Balaban J connectivity index is 0.00000112. The molecular weight excluding hydrogens is 210 g/mol. The second-order valence-corrected chi connectivity index (χ2v) is 3.97. The molecule has 2 N–H and O–H groups in total. The molecule has 15 heavy (non-hydrogen) atoms. The number of aromatic nitrogens is 1. The summed E-state index contributed by atoms with van der Waals surface area (Å²) >= 11 is 0. The molecule has 2 rings (SSSR count). The van der Waals surface area contributed by atoms with E-state index in [1.54, 1.807) is 0 Å². The number of likely N-dealkylation sites (tertiary alicyclic amines) is 1. The van der Waals surface area contributed by atoms with Crippen molar-refractivity contribution >= 4 is 12.4 Å². The van der Waals surface area contributed by atoms with Gasteiger partial charge in [0.05, 0.1) is 0 Å². The van der Waals surface area contributed by atoms with Crippen molar-refractivity contribution in [1.82, 2.24) is 9.88 Å². The summed E-state index contributed by atoms with van der Waals surface area (Å²) in [5.41, 5.74) is 7.20. The molecule has 1 fully saturated rings. The number of hydrogen-bond acceptors (Lipinski definition) is 3. The van der Waals surface area contributed by atoms with Gasteiger partial charge >= 0.3 is 0 Å². The van der Waals surface area contributed by atoms with Gasteiger partial charge in [0, 0.05) is 25.0 Å². The van der Waals surface area contributed by atoms with Crippen molar-refractivity contribution in [3.05, 3.63) is 30.1 Å². The van der Waals surface area contributed by atoms with E-state index in [2.05, 4.69) is 22.0 Å². The molecule has 3 nitrogen and oxygen atoms in total. The van der Waals surface area contributed by atoms with Crippen LogP contribution in [0.2, 0.25) is 0 Å². The fourth-order valence-electron chi connectivity index (χ4n) is 1.86. The smallest absolute Gasteiger partial charge is 0.0271 e. The first-order valence-corrected chi connectivity index (χ1v) is 5.21. The van der Waals surface area contributed by atoms with Gasteiger partial charge in [-0.1, -0.05) is 0 Å². The molecule has 4 heteroatoms. The summed E-state index contributed by atoms with van der Waals surface area (Å²) in [5.74, 6) is 0. The zero-order valence-electron chi connectivity index (χ0n) is 8.80. The maximum Gasteiger partial charge on any atom is 0.0271 e. The summed E-state index contributed by atoms with van der Waals surface area (Å²) in [4.78, 5) is 6.47. The number of nitrogens with zero attached hydrogens (tertiary/aromatic N) is 2. The van der Waals surface area contributed by atoms with Crippen LogP contribution >= 0.6 is 12.4 Å². The highest BCUT2D eigenvalue weighted by atomic mass is 35.5. The summed E-state index contributed by atoms with van der Waals surface area (Å²) in [7, 11) is 0. The minimum atomic E-state index is 0. The van der Waals surface area contributed by atoms with Gasteiger partial charge in [-0.05, 0) is 43.6 Å². The average molecular weight is 228 g/mol. The third-order valence-electron chi connectivity index (χ3n) is 2.79. The molecule has 0 bridgehead atoms. The van der Waals surface area contributed by atoms with Gasteiger partial charge in [-0.25, -0.2) is 0 Å². The molecule has 1 aliphatic heterocycles. The van der Waals surface area contributed by atoms with E-state index >= 15 is 0 Å². The number of piperidine rings is 1. The molecule has 0 saturated carbocycles. The highest BCUT2D eigenvalue weighted by Gasteiger charge is 2.15. The van der Waals surface area contributed by atoms with E-state index in [9.17, 15) is 0 Å². The van der Waals surface area contributed by atoms with Crippen molar-refractivity contribution in [2.75, 3.05) is 13.1 Å². The van der Waals surface area contributed by atoms with Gasteiger partial charge in [-0.15, -0.1) is 12.4 Å². The van der Waals surface area contributed by atoms with Crippen molar-refractivity contribution in [1.29, 1.82) is 0 Å². The molecule has 1 aromatic rings. The van der Waals surface area contributed by atoms with Crippen LogP contribution in [0.5, 0.6) is 0 Å². The predicted octanol–water partition coefficient (Wildman–Crippen LogP) is 1.43. The minimum Gasteiger partial charge on any atom is -0.328 e. The molecule has 0 amide bonds. The van der Waals surface area contributed by atoms with Crippen LogP contribution in [0.1, 0.15) is 18.4 Å². The van der Waals surface area contributed by atoms with E-state index in [0.717, 1.165) is 32.5 Å². The van der Waals surface area contributed by atoms with E-state index < -0.39 is 0 Å². The molecule has 2 heterocycles. The molecule has 1 aliphatic rings. The Bertz CT molecular complexity index is 270. The monoisotopic (exact) mass is 227 g/mol. The van der Waals surface area contributed by atoms with Crippen LogP contribution in [-0.4, -0.2) is 29.0 Å². The standard InChI is InChI=1S/C11H17N3.ClH/c12-11-3-7-14(8-4-11)9-10-1-5-13-6-2-10;/h1-2,5-6,11H,3-4,7-9,12H2;1H. The maximum atomic E-state index is 5.85. The lowest BCUT2D eigenvalue weighted by Gasteiger charge is -2.29. The Morgan fingerprint density at radius 1 is 1.27 bits per heavy atom. The lowest BCUT2D eigenvalue weighted by Crippen LogP contribution is -2.39. The van der Waals surface area contributed by atoms with Crippen LogP contribution in [0.25, 0.3) is 0 Å². The lowest BCUT2D eigenvalue weighted by molar-refractivity contribution is 0.205. The Morgan fingerprint density at radius 3 is 2.47 bits per heavy atom. The maximum absolute atomic E-state index is 5.85.